The molecule has 6 nitrogen and oxygen atoms in total. The number of benzene rings is 1. The smallest absolute Gasteiger partial charge is 0.451 e. The highest BCUT2D eigenvalue weighted by molar-refractivity contribution is 7.92. The number of aromatic nitrogens is 2. The number of nitrogens with zero attached hydrogens (tertiary/aromatic N) is 2. The number of halogens is 3. The molecule has 1 N–H and O–H groups in total. The standard InChI is InChI=1S/C13H10F3N3O3S/c14-13(15,16)12-17-6-9(7-18-12)19-23(20,21)10-1-2-11-8(5-10)3-4-22-11/h1-2,5-7,19H,3-4H2. The first-order valence-electron chi connectivity index (χ1n) is 6.43. The molecular weight excluding hydrogens is 335 g/mol. The van der Waals surface area contributed by atoms with Gasteiger partial charge < -0.3 is 4.74 Å². The fourth-order valence-electron chi connectivity index (χ4n) is 2.07. The average molecular weight is 345 g/mol. The van der Waals surface area contributed by atoms with E-state index in [-0.39, 0.29) is 10.6 Å². The molecule has 2 heterocycles. The van der Waals surface area contributed by atoms with Crippen LogP contribution < -0.4 is 9.46 Å². The van der Waals surface area contributed by atoms with Gasteiger partial charge in [-0.15, -0.1) is 0 Å². The zero-order chi connectivity index (χ0) is 16.7. The van der Waals surface area contributed by atoms with Crippen molar-refractivity contribution in [1.29, 1.82) is 0 Å². The number of alkyl halides is 3. The molecule has 1 aliphatic heterocycles. The fourth-order valence-corrected chi connectivity index (χ4v) is 3.15. The first-order valence-corrected chi connectivity index (χ1v) is 7.92. The largest absolute Gasteiger partial charge is 0.493 e. The number of sulfonamides is 1. The van der Waals surface area contributed by atoms with Crippen molar-refractivity contribution in [3.63, 3.8) is 0 Å². The summed E-state index contributed by atoms with van der Waals surface area (Å²) in [5, 5.41) is 0. The minimum atomic E-state index is -4.68. The fraction of sp³-hybridized carbons (Fsp3) is 0.231. The molecule has 0 spiro atoms. The maximum absolute atomic E-state index is 12.4. The summed E-state index contributed by atoms with van der Waals surface area (Å²) in [6, 6.07) is 4.37. The van der Waals surface area contributed by atoms with Crippen LogP contribution >= 0.6 is 0 Å². The highest BCUT2D eigenvalue weighted by Crippen LogP contribution is 2.29. The van der Waals surface area contributed by atoms with E-state index in [1.54, 1.807) is 6.07 Å². The Labute approximate surface area is 129 Å². The van der Waals surface area contributed by atoms with Crippen molar-refractivity contribution in [2.75, 3.05) is 11.3 Å². The Bertz CT molecular complexity index is 836. The van der Waals surface area contributed by atoms with E-state index in [1.807, 2.05) is 0 Å². The summed E-state index contributed by atoms with van der Waals surface area (Å²) in [6.07, 6.45) is -2.55. The van der Waals surface area contributed by atoms with Crippen LogP contribution in [0.2, 0.25) is 0 Å². The normalized spacial score (nSPS) is 14.2. The quantitative estimate of drug-likeness (QED) is 0.923. The summed E-state index contributed by atoms with van der Waals surface area (Å²) in [5.41, 5.74) is 0.603. The van der Waals surface area contributed by atoms with E-state index in [0.29, 0.717) is 18.8 Å². The molecule has 0 fully saturated rings. The Morgan fingerprint density at radius 1 is 1.17 bits per heavy atom. The number of fused-ring (bicyclic) bond motifs is 1. The van der Waals surface area contributed by atoms with Crippen LogP contribution in [-0.2, 0) is 22.6 Å². The molecule has 0 saturated carbocycles. The van der Waals surface area contributed by atoms with Crippen LogP contribution in [0.5, 0.6) is 5.75 Å². The molecule has 1 aromatic heterocycles. The van der Waals surface area contributed by atoms with Gasteiger partial charge in [0.05, 0.1) is 29.6 Å². The molecule has 0 saturated heterocycles. The van der Waals surface area contributed by atoms with Crippen LogP contribution in [0.1, 0.15) is 11.4 Å². The van der Waals surface area contributed by atoms with E-state index in [0.717, 1.165) is 18.0 Å². The highest BCUT2D eigenvalue weighted by Gasteiger charge is 2.34. The number of nitrogens with one attached hydrogen (secondary N) is 1. The zero-order valence-electron chi connectivity index (χ0n) is 11.5. The van der Waals surface area contributed by atoms with Crippen molar-refractivity contribution < 1.29 is 26.3 Å². The van der Waals surface area contributed by atoms with Crippen molar-refractivity contribution in [1.82, 2.24) is 9.97 Å². The third kappa shape index (κ3) is 3.21. The minimum Gasteiger partial charge on any atom is -0.493 e. The Morgan fingerprint density at radius 3 is 2.52 bits per heavy atom. The summed E-state index contributed by atoms with van der Waals surface area (Å²) < 4.78 is 69.1. The molecule has 3 rings (SSSR count). The molecule has 0 bridgehead atoms. The Hall–Kier alpha value is -2.36. The molecule has 1 aromatic carbocycles. The summed E-state index contributed by atoms with van der Waals surface area (Å²) in [4.78, 5) is 6.19. The van der Waals surface area contributed by atoms with Gasteiger partial charge in [-0.05, 0) is 23.8 Å². The van der Waals surface area contributed by atoms with Crippen LogP contribution in [0, 0.1) is 0 Å². The second kappa shape index (κ2) is 5.37. The third-order valence-electron chi connectivity index (χ3n) is 3.13. The number of ether oxygens (including phenoxy) is 1. The topological polar surface area (TPSA) is 81.2 Å². The van der Waals surface area contributed by atoms with Gasteiger partial charge in [-0.3, -0.25) is 4.72 Å². The van der Waals surface area contributed by atoms with Crippen molar-refractivity contribution >= 4 is 15.7 Å². The van der Waals surface area contributed by atoms with E-state index in [4.69, 9.17) is 4.74 Å². The van der Waals surface area contributed by atoms with Gasteiger partial charge >= 0.3 is 6.18 Å². The molecule has 0 radical (unpaired) electrons. The van der Waals surface area contributed by atoms with Crippen LogP contribution in [0.15, 0.2) is 35.5 Å². The lowest BCUT2D eigenvalue weighted by Crippen LogP contribution is -2.15. The van der Waals surface area contributed by atoms with Gasteiger partial charge in [-0.25, -0.2) is 18.4 Å². The minimum absolute atomic E-state index is 0.0124. The zero-order valence-corrected chi connectivity index (χ0v) is 12.3. The first-order chi connectivity index (χ1) is 10.8. The highest BCUT2D eigenvalue weighted by atomic mass is 32.2. The van der Waals surface area contributed by atoms with E-state index >= 15 is 0 Å². The van der Waals surface area contributed by atoms with E-state index in [2.05, 4.69) is 14.7 Å². The molecule has 0 atom stereocenters. The first kappa shape index (κ1) is 15.5. The van der Waals surface area contributed by atoms with Crippen LogP contribution in [-0.4, -0.2) is 25.0 Å². The maximum Gasteiger partial charge on any atom is 0.451 e. The van der Waals surface area contributed by atoms with Gasteiger partial charge in [-0.1, -0.05) is 0 Å². The van der Waals surface area contributed by atoms with Gasteiger partial charge in [0.2, 0.25) is 5.82 Å². The van der Waals surface area contributed by atoms with Gasteiger partial charge in [0.25, 0.3) is 10.0 Å². The predicted molar refractivity (Wildman–Crippen MR) is 73.5 cm³/mol. The maximum atomic E-state index is 12.4. The van der Waals surface area contributed by atoms with Crippen molar-refractivity contribution in [2.24, 2.45) is 0 Å². The lowest BCUT2D eigenvalue weighted by atomic mass is 10.2. The van der Waals surface area contributed by atoms with Gasteiger partial charge in [0.15, 0.2) is 0 Å². The van der Waals surface area contributed by atoms with E-state index < -0.39 is 22.0 Å². The van der Waals surface area contributed by atoms with Gasteiger partial charge in [0.1, 0.15) is 5.75 Å². The van der Waals surface area contributed by atoms with E-state index in [9.17, 15) is 21.6 Å². The van der Waals surface area contributed by atoms with Gasteiger partial charge in [-0.2, -0.15) is 13.2 Å². The average Bonchev–Trinajstić information content (AvgIpc) is 2.93. The number of anilines is 1. The molecule has 0 aliphatic carbocycles. The molecular formula is C13H10F3N3O3S. The molecule has 0 unspecified atom stereocenters. The van der Waals surface area contributed by atoms with E-state index in [1.165, 1.54) is 12.1 Å². The third-order valence-corrected chi connectivity index (χ3v) is 4.51. The second-order valence-corrected chi connectivity index (χ2v) is 6.45. The SMILES string of the molecule is O=S(=O)(Nc1cnc(C(F)(F)F)nc1)c1ccc2c(c1)CCO2. The van der Waals surface area contributed by atoms with Crippen LogP contribution in [0.25, 0.3) is 0 Å². The Kier molecular flexibility index (Phi) is 3.63. The second-order valence-electron chi connectivity index (χ2n) is 4.77. The molecule has 2 aromatic rings. The number of hydrogen-bond donors (Lipinski definition) is 1. The number of hydrogen-bond acceptors (Lipinski definition) is 5. The monoisotopic (exact) mass is 345 g/mol. The van der Waals surface area contributed by atoms with Gasteiger partial charge in [0, 0.05) is 6.42 Å². The summed E-state index contributed by atoms with van der Waals surface area (Å²) >= 11 is 0. The molecule has 10 heteroatoms. The van der Waals surface area contributed by atoms with Crippen LogP contribution in [0.3, 0.4) is 0 Å². The summed E-state index contributed by atoms with van der Waals surface area (Å²) in [6.45, 7) is 0.485. The molecule has 23 heavy (non-hydrogen) atoms. The lowest BCUT2D eigenvalue weighted by molar-refractivity contribution is -0.144. The molecule has 1 aliphatic rings. The van der Waals surface area contributed by atoms with Crippen molar-refractivity contribution in [3.05, 3.63) is 42.0 Å². The molecule has 0 amide bonds. The van der Waals surface area contributed by atoms with Crippen molar-refractivity contribution in [2.45, 2.75) is 17.5 Å². The predicted octanol–water partition coefficient (Wildman–Crippen LogP) is 2.23. The van der Waals surface area contributed by atoms with Crippen molar-refractivity contribution in [3.8, 4) is 5.75 Å². The Morgan fingerprint density at radius 2 is 1.87 bits per heavy atom. The van der Waals surface area contributed by atoms with Crippen LogP contribution in [0.4, 0.5) is 18.9 Å². The molecule has 122 valence electrons. The lowest BCUT2D eigenvalue weighted by Gasteiger charge is -2.09. The Balaban J connectivity index is 1.84. The summed E-state index contributed by atoms with van der Waals surface area (Å²) in [7, 11) is -3.95. The summed E-state index contributed by atoms with van der Waals surface area (Å²) in [5.74, 6) is -0.711. The number of rotatable bonds is 3.